The van der Waals surface area contributed by atoms with Crippen molar-refractivity contribution in [2.45, 2.75) is 13.3 Å². The van der Waals surface area contributed by atoms with Crippen LogP contribution in [0, 0.1) is 0 Å². The highest BCUT2D eigenvalue weighted by Crippen LogP contribution is 2.36. The second-order valence-electron chi connectivity index (χ2n) is 3.58. The van der Waals surface area contributed by atoms with Crippen molar-refractivity contribution in [2.75, 3.05) is 13.7 Å². The minimum atomic E-state index is -0.319. The van der Waals surface area contributed by atoms with E-state index in [1.165, 1.54) is 7.11 Å². The molecule has 19 heavy (non-hydrogen) atoms. The molecule has 0 amide bonds. The van der Waals surface area contributed by atoms with Gasteiger partial charge in [0.1, 0.15) is 12.4 Å². The van der Waals surface area contributed by atoms with Crippen LogP contribution in [0.3, 0.4) is 0 Å². The zero-order chi connectivity index (χ0) is 14.4. The van der Waals surface area contributed by atoms with Crippen LogP contribution in [-0.2, 0) is 9.53 Å². The van der Waals surface area contributed by atoms with E-state index in [0.717, 1.165) is 13.4 Å². The summed E-state index contributed by atoms with van der Waals surface area (Å²) in [5, 5.41) is 0. The van der Waals surface area contributed by atoms with Gasteiger partial charge in [0.2, 0.25) is 0 Å². The molecule has 0 aromatic heterocycles. The molecule has 0 aliphatic rings. The molecule has 0 aliphatic heterocycles. The number of carbonyl (C=O) groups excluding carboxylic acids is 1. The Morgan fingerprint density at radius 1 is 1.26 bits per heavy atom. The van der Waals surface area contributed by atoms with E-state index < -0.39 is 0 Å². The smallest absolute Gasteiger partial charge is 0.333 e. The number of hydrogen-bond donors (Lipinski definition) is 0. The van der Waals surface area contributed by atoms with E-state index >= 15 is 0 Å². The molecule has 0 N–H and O–H groups in total. The second kappa shape index (κ2) is 8.07. The molecule has 0 aliphatic carbocycles. The van der Waals surface area contributed by atoms with Crippen LogP contribution in [0.2, 0.25) is 0 Å². The summed E-state index contributed by atoms with van der Waals surface area (Å²) in [5.41, 5.74) is 0.604. The number of carbonyl (C=O) groups is 1. The Labute approximate surface area is 137 Å². The molecule has 3 nitrogen and oxygen atoms in total. The number of benzene rings is 1. The van der Waals surface area contributed by atoms with E-state index in [0.29, 0.717) is 24.4 Å². The summed E-state index contributed by atoms with van der Waals surface area (Å²) in [4.78, 5) is 11.4. The molecule has 1 rings (SSSR count). The molecule has 1 aromatic carbocycles. The third-order valence-corrected chi connectivity index (χ3v) is 3.98. The van der Waals surface area contributed by atoms with Crippen LogP contribution in [0.15, 0.2) is 37.2 Å². The molecule has 0 saturated carbocycles. The number of hydrogen-bond acceptors (Lipinski definition) is 3. The maximum absolute atomic E-state index is 11.4. The van der Waals surface area contributed by atoms with Crippen LogP contribution in [0.1, 0.15) is 13.3 Å². The molecule has 6 heteroatoms. The van der Waals surface area contributed by atoms with E-state index in [1.54, 1.807) is 6.08 Å². The van der Waals surface area contributed by atoms with Crippen LogP contribution < -0.4 is 4.74 Å². The van der Waals surface area contributed by atoms with Gasteiger partial charge >= 0.3 is 5.97 Å². The molecule has 0 bridgehead atoms. The van der Waals surface area contributed by atoms with Gasteiger partial charge in [-0.2, -0.15) is 0 Å². The summed E-state index contributed by atoms with van der Waals surface area (Å²) < 4.78 is 12.9. The van der Waals surface area contributed by atoms with Crippen molar-refractivity contribution in [3.8, 4) is 5.75 Å². The van der Waals surface area contributed by atoms with E-state index in [4.69, 9.17) is 4.74 Å². The first-order chi connectivity index (χ1) is 8.99. The molecule has 0 unspecified atom stereocenters. The summed E-state index contributed by atoms with van der Waals surface area (Å²) in [7, 11) is 1.37. The molecule has 0 fully saturated rings. The van der Waals surface area contributed by atoms with Crippen LogP contribution >= 0.6 is 47.8 Å². The van der Waals surface area contributed by atoms with Crippen LogP contribution in [0.25, 0.3) is 0 Å². The summed E-state index contributed by atoms with van der Waals surface area (Å²) in [5.74, 6) is 0.375. The highest BCUT2D eigenvalue weighted by molar-refractivity contribution is 9.11. The minimum Gasteiger partial charge on any atom is -0.487 e. The molecule has 1 aromatic rings. The number of halogens is 3. The summed E-state index contributed by atoms with van der Waals surface area (Å²) in [6, 6.07) is 3.79. The van der Waals surface area contributed by atoms with Crippen molar-refractivity contribution in [1.29, 1.82) is 0 Å². The molecule has 104 valence electrons. The Morgan fingerprint density at radius 2 is 1.84 bits per heavy atom. The number of methoxy groups -OCH3 is 1. The van der Waals surface area contributed by atoms with Gasteiger partial charge in [0.25, 0.3) is 0 Å². The van der Waals surface area contributed by atoms with Gasteiger partial charge in [-0.25, -0.2) is 4.79 Å². The number of rotatable bonds is 5. The van der Waals surface area contributed by atoms with E-state index in [-0.39, 0.29) is 5.97 Å². The monoisotopic (exact) mass is 454 g/mol. The van der Waals surface area contributed by atoms with Gasteiger partial charge in [0.15, 0.2) is 0 Å². The average molecular weight is 457 g/mol. The standard InChI is InChI=1S/C13H13Br3O3/c1-3-8(13(17)18-2)4-5-19-12-10(15)6-9(14)7-11(12)16/h4,6-7H,3,5H2,1-2H3. The van der Waals surface area contributed by atoms with Crippen LogP contribution in [0.4, 0.5) is 0 Å². The first-order valence-corrected chi connectivity index (χ1v) is 7.92. The lowest BCUT2D eigenvalue weighted by molar-refractivity contribution is -0.136. The van der Waals surface area contributed by atoms with Gasteiger partial charge in [-0.15, -0.1) is 0 Å². The summed E-state index contributed by atoms with van der Waals surface area (Å²) in [6.45, 7) is 2.20. The zero-order valence-corrected chi connectivity index (χ0v) is 15.3. The Morgan fingerprint density at radius 3 is 2.32 bits per heavy atom. The van der Waals surface area contributed by atoms with Crippen LogP contribution in [0.5, 0.6) is 5.75 Å². The number of esters is 1. The van der Waals surface area contributed by atoms with E-state index in [2.05, 4.69) is 52.5 Å². The lowest BCUT2D eigenvalue weighted by Crippen LogP contribution is -2.06. The maximum Gasteiger partial charge on any atom is 0.333 e. The van der Waals surface area contributed by atoms with E-state index in [9.17, 15) is 4.79 Å². The Hall–Kier alpha value is -0.330. The molecule has 0 spiro atoms. The normalized spacial score (nSPS) is 11.3. The molecule has 0 radical (unpaired) electrons. The Kier molecular flexibility index (Phi) is 7.10. The fourth-order valence-electron chi connectivity index (χ4n) is 1.40. The third kappa shape index (κ3) is 4.93. The topological polar surface area (TPSA) is 35.5 Å². The quantitative estimate of drug-likeness (QED) is 0.468. The highest BCUT2D eigenvalue weighted by Gasteiger charge is 2.09. The first kappa shape index (κ1) is 16.7. The molecule has 0 atom stereocenters. The zero-order valence-electron chi connectivity index (χ0n) is 10.5. The molecule has 0 saturated heterocycles. The number of ether oxygens (including phenoxy) is 2. The maximum atomic E-state index is 11.4. The lowest BCUT2D eigenvalue weighted by atomic mass is 10.2. The van der Waals surface area contributed by atoms with Crippen molar-refractivity contribution in [3.05, 3.63) is 37.2 Å². The Balaban J connectivity index is 2.77. The van der Waals surface area contributed by atoms with Gasteiger partial charge in [0, 0.05) is 10.0 Å². The van der Waals surface area contributed by atoms with Gasteiger partial charge < -0.3 is 9.47 Å². The lowest BCUT2D eigenvalue weighted by Gasteiger charge is -2.10. The van der Waals surface area contributed by atoms with Gasteiger partial charge in [-0.3, -0.25) is 0 Å². The van der Waals surface area contributed by atoms with Crippen molar-refractivity contribution in [3.63, 3.8) is 0 Å². The fourth-order valence-corrected chi connectivity index (χ4v) is 3.88. The highest BCUT2D eigenvalue weighted by atomic mass is 79.9. The largest absolute Gasteiger partial charge is 0.487 e. The molecular formula is C13H13Br3O3. The van der Waals surface area contributed by atoms with Gasteiger partial charge in [-0.1, -0.05) is 22.9 Å². The van der Waals surface area contributed by atoms with Gasteiger partial charge in [-0.05, 0) is 56.5 Å². The third-order valence-electron chi connectivity index (χ3n) is 2.35. The summed E-state index contributed by atoms with van der Waals surface area (Å²) in [6.07, 6.45) is 2.34. The molecule has 0 heterocycles. The van der Waals surface area contributed by atoms with Crippen LogP contribution in [-0.4, -0.2) is 19.7 Å². The predicted octanol–water partition coefficient (Wildman–Crippen LogP) is 4.86. The average Bonchev–Trinajstić information content (AvgIpc) is 2.36. The van der Waals surface area contributed by atoms with E-state index in [1.807, 2.05) is 19.1 Å². The van der Waals surface area contributed by atoms with Crippen molar-refractivity contribution >= 4 is 53.8 Å². The Bertz CT molecular complexity index is 475. The van der Waals surface area contributed by atoms with Gasteiger partial charge in [0.05, 0.1) is 16.1 Å². The second-order valence-corrected chi connectivity index (χ2v) is 6.21. The summed E-state index contributed by atoms with van der Waals surface area (Å²) >= 11 is 10.2. The van der Waals surface area contributed by atoms with Crippen molar-refractivity contribution in [2.24, 2.45) is 0 Å². The first-order valence-electron chi connectivity index (χ1n) is 5.54. The predicted molar refractivity (Wildman–Crippen MR) is 85.4 cm³/mol. The van der Waals surface area contributed by atoms with Crippen molar-refractivity contribution < 1.29 is 14.3 Å². The minimum absolute atomic E-state index is 0.303. The van der Waals surface area contributed by atoms with Crippen molar-refractivity contribution in [1.82, 2.24) is 0 Å². The fraction of sp³-hybridized carbons (Fsp3) is 0.308. The SMILES string of the molecule is CCC(=CCOc1c(Br)cc(Br)cc1Br)C(=O)OC. The molecular weight excluding hydrogens is 444 g/mol.